The second-order valence-corrected chi connectivity index (χ2v) is 3.52. The van der Waals surface area contributed by atoms with Crippen LogP contribution in [0, 0.1) is 5.41 Å². The van der Waals surface area contributed by atoms with Crippen molar-refractivity contribution in [3.05, 3.63) is 0 Å². The summed E-state index contributed by atoms with van der Waals surface area (Å²) in [6.07, 6.45) is 2.01. The summed E-state index contributed by atoms with van der Waals surface area (Å²) in [7, 11) is 0. The Morgan fingerprint density at radius 1 is 1.42 bits per heavy atom. The SMILES string of the molecule is CCC(CC)(CCl)CNC(C)=O. The van der Waals surface area contributed by atoms with Crippen molar-refractivity contribution in [3.8, 4) is 0 Å². The molecule has 2 nitrogen and oxygen atoms in total. The molecule has 12 heavy (non-hydrogen) atoms. The van der Waals surface area contributed by atoms with Crippen molar-refractivity contribution in [1.82, 2.24) is 5.32 Å². The molecule has 72 valence electrons. The zero-order valence-corrected chi connectivity index (χ0v) is 8.87. The van der Waals surface area contributed by atoms with Crippen LogP contribution in [0.5, 0.6) is 0 Å². The van der Waals surface area contributed by atoms with Crippen LogP contribution < -0.4 is 5.32 Å². The first-order valence-corrected chi connectivity index (χ1v) is 4.94. The molecule has 0 fully saturated rings. The molecule has 1 amide bonds. The Hall–Kier alpha value is -0.240. The summed E-state index contributed by atoms with van der Waals surface area (Å²) in [5.41, 5.74) is 0.0905. The fourth-order valence-electron chi connectivity index (χ4n) is 1.05. The van der Waals surface area contributed by atoms with Gasteiger partial charge in [-0.05, 0) is 12.8 Å². The van der Waals surface area contributed by atoms with E-state index in [0.717, 1.165) is 12.8 Å². The lowest BCUT2D eigenvalue weighted by Gasteiger charge is -2.29. The minimum absolute atomic E-state index is 0.0198. The van der Waals surface area contributed by atoms with Gasteiger partial charge in [-0.3, -0.25) is 4.79 Å². The molecule has 0 bridgehead atoms. The molecular formula is C9H18ClNO. The Kier molecular flexibility index (Phi) is 5.31. The molecule has 0 aliphatic rings. The molecule has 3 heteroatoms. The largest absolute Gasteiger partial charge is 0.356 e. The third-order valence-electron chi connectivity index (χ3n) is 2.50. The number of carbonyl (C=O) groups excluding carboxylic acids is 1. The van der Waals surface area contributed by atoms with Crippen molar-refractivity contribution in [1.29, 1.82) is 0 Å². The summed E-state index contributed by atoms with van der Waals surface area (Å²) in [5.74, 6) is 0.631. The van der Waals surface area contributed by atoms with Gasteiger partial charge >= 0.3 is 0 Å². The normalized spacial score (nSPS) is 11.3. The second-order valence-electron chi connectivity index (χ2n) is 3.25. The van der Waals surface area contributed by atoms with Gasteiger partial charge in [0.25, 0.3) is 0 Å². The summed E-state index contributed by atoms with van der Waals surface area (Å²) in [6.45, 7) is 6.44. The van der Waals surface area contributed by atoms with E-state index >= 15 is 0 Å². The smallest absolute Gasteiger partial charge is 0.216 e. The van der Waals surface area contributed by atoms with Crippen molar-refractivity contribution in [2.75, 3.05) is 12.4 Å². The van der Waals surface area contributed by atoms with Gasteiger partial charge in [-0.1, -0.05) is 13.8 Å². The summed E-state index contributed by atoms with van der Waals surface area (Å²) < 4.78 is 0. The second kappa shape index (κ2) is 5.41. The van der Waals surface area contributed by atoms with E-state index in [9.17, 15) is 4.79 Å². The Balaban J connectivity index is 4.01. The molecule has 0 saturated carbocycles. The Bertz CT molecular complexity index is 135. The maximum atomic E-state index is 10.7. The minimum Gasteiger partial charge on any atom is -0.356 e. The van der Waals surface area contributed by atoms with Crippen molar-refractivity contribution >= 4 is 17.5 Å². The van der Waals surface area contributed by atoms with Gasteiger partial charge in [0, 0.05) is 24.8 Å². The van der Waals surface area contributed by atoms with Gasteiger partial charge in [0.1, 0.15) is 0 Å². The van der Waals surface area contributed by atoms with E-state index in [1.165, 1.54) is 6.92 Å². The number of hydrogen-bond acceptors (Lipinski definition) is 1. The van der Waals surface area contributed by atoms with Gasteiger partial charge < -0.3 is 5.32 Å². The van der Waals surface area contributed by atoms with Crippen LogP contribution >= 0.6 is 11.6 Å². The Morgan fingerprint density at radius 2 is 1.92 bits per heavy atom. The minimum atomic E-state index is 0.0198. The van der Waals surface area contributed by atoms with Crippen LogP contribution in [0.1, 0.15) is 33.6 Å². The van der Waals surface area contributed by atoms with E-state index in [4.69, 9.17) is 11.6 Å². The highest BCUT2D eigenvalue weighted by atomic mass is 35.5. The van der Waals surface area contributed by atoms with Crippen molar-refractivity contribution < 1.29 is 4.79 Å². The predicted octanol–water partition coefficient (Wildman–Crippen LogP) is 2.17. The van der Waals surface area contributed by atoms with Crippen LogP contribution in [0.15, 0.2) is 0 Å². The number of carbonyl (C=O) groups is 1. The number of nitrogens with one attached hydrogen (secondary N) is 1. The lowest BCUT2D eigenvalue weighted by Crippen LogP contribution is -2.37. The maximum Gasteiger partial charge on any atom is 0.216 e. The third-order valence-corrected chi connectivity index (χ3v) is 3.06. The highest BCUT2D eigenvalue weighted by molar-refractivity contribution is 6.18. The van der Waals surface area contributed by atoms with Gasteiger partial charge in [-0.25, -0.2) is 0 Å². The van der Waals surface area contributed by atoms with Gasteiger partial charge in [0.2, 0.25) is 5.91 Å². The molecule has 0 aliphatic carbocycles. The molecule has 0 heterocycles. The summed E-state index contributed by atoms with van der Waals surface area (Å²) in [5, 5.41) is 2.82. The fourth-order valence-corrected chi connectivity index (χ4v) is 1.52. The summed E-state index contributed by atoms with van der Waals surface area (Å²) in [6, 6.07) is 0. The van der Waals surface area contributed by atoms with Crippen molar-refractivity contribution in [3.63, 3.8) is 0 Å². The first-order chi connectivity index (χ1) is 5.60. The van der Waals surface area contributed by atoms with Gasteiger partial charge in [-0.2, -0.15) is 0 Å². The predicted molar refractivity (Wildman–Crippen MR) is 52.4 cm³/mol. The molecule has 0 aromatic rings. The monoisotopic (exact) mass is 191 g/mol. The van der Waals surface area contributed by atoms with Gasteiger partial charge in [0.15, 0.2) is 0 Å². The average Bonchev–Trinajstić information content (AvgIpc) is 2.08. The Labute approximate surface area is 79.7 Å². The molecule has 0 rings (SSSR count). The molecule has 0 aromatic heterocycles. The maximum absolute atomic E-state index is 10.7. The van der Waals surface area contributed by atoms with Crippen LogP contribution in [-0.4, -0.2) is 18.3 Å². The number of hydrogen-bond donors (Lipinski definition) is 1. The first-order valence-electron chi connectivity index (χ1n) is 4.40. The zero-order valence-electron chi connectivity index (χ0n) is 8.11. The van der Waals surface area contributed by atoms with Gasteiger partial charge in [0.05, 0.1) is 0 Å². The lowest BCUT2D eigenvalue weighted by atomic mass is 9.84. The molecule has 0 spiro atoms. The number of alkyl halides is 1. The molecule has 0 radical (unpaired) electrons. The molecule has 0 aromatic carbocycles. The molecule has 0 aliphatic heterocycles. The number of amides is 1. The standard InChI is InChI=1S/C9H18ClNO/c1-4-9(5-2,6-10)7-11-8(3)12/h4-7H2,1-3H3,(H,11,12). The van der Waals surface area contributed by atoms with Crippen LogP contribution in [0.25, 0.3) is 0 Å². The van der Waals surface area contributed by atoms with E-state index in [-0.39, 0.29) is 11.3 Å². The number of rotatable bonds is 5. The summed E-state index contributed by atoms with van der Waals surface area (Å²) in [4.78, 5) is 10.7. The van der Waals surface area contributed by atoms with E-state index in [0.29, 0.717) is 12.4 Å². The first kappa shape index (κ1) is 11.8. The van der Waals surface area contributed by atoms with Crippen molar-refractivity contribution in [2.24, 2.45) is 5.41 Å². The highest BCUT2D eigenvalue weighted by Crippen LogP contribution is 2.26. The van der Waals surface area contributed by atoms with E-state index < -0.39 is 0 Å². The van der Waals surface area contributed by atoms with E-state index in [1.807, 2.05) is 0 Å². The molecule has 0 unspecified atom stereocenters. The topological polar surface area (TPSA) is 29.1 Å². The fraction of sp³-hybridized carbons (Fsp3) is 0.889. The third kappa shape index (κ3) is 3.44. The van der Waals surface area contributed by atoms with E-state index in [2.05, 4.69) is 19.2 Å². The Morgan fingerprint density at radius 3 is 2.17 bits per heavy atom. The molecule has 0 atom stereocenters. The van der Waals surface area contributed by atoms with Crippen molar-refractivity contribution in [2.45, 2.75) is 33.6 Å². The van der Waals surface area contributed by atoms with Crippen LogP contribution in [0.2, 0.25) is 0 Å². The summed E-state index contributed by atoms with van der Waals surface area (Å²) >= 11 is 5.86. The zero-order chi connectivity index (χ0) is 9.61. The number of halogens is 1. The van der Waals surface area contributed by atoms with Crippen LogP contribution in [0.4, 0.5) is 0 Å². The molecule has 0 saturated heterocycles. The highest BCUT2D eigenvalue weighted by Gasteiger charge is 2.24. The molecule has 1 N–H and O–H groups in total. The van der Waals surface area contributed by atoms with E-state index in [1.54, 1.807) is 0 Å². The quantitative estimate of drug-likeness (QED) is 0.664. The average molecular weight is 192 g/mol. The van der Waals surface area contributed by atoms with Gasteiger partial charge in [-0.15, -0.1) is 11.6 Å². The molecular weight excluding hydrogens is 174 g/mol. The lowest BCUT2D eigenvalue weighted by molar-refractivity contribution is -0.119. The van der Waals surface area contributed by atoms with Crippen LogP contribution in [0.3, 0.4) is 0 Å². The van der Waals surface area contributed by atoms with Crippen LogP contribution in [-0.2, 0) is 4.79 Å².